The zero-order chi connectivity index (χ0) is 8.81. The lowest BCUT2D eigenvalue weighted by atomic mass is 10.2. The van der Waals surface area contributed by atoms with E-state index in [2.05, 4.69) is 15.1 Å². The van der Waals surface area contributed by atoms with Crippen LogP contribution in [0, 0.1) is 0 Å². The van der Waals surface area contributed by atoms with Gasteiger partial charge in [-0.3, -0.25) is 4.68 Å². The molecule has 5 nitrogen and oxygen atoms in total. The Labute approximate surface area is 70.1 Å². The average Bonchev–Trinajstić information content (AvgIpc) is 2.53. The molecule has 12 heavy (non-hydrogen) atoms. The zero-order valence-electron chi connectivity index (χ0n) is 6.84. The van der Waals surface area contributed by atoms with Crippen molar-refractivity contribution in [2.24, 2.45) is 4.99 Å². The van der Waals surface area contributed by atoms with Crippen molar-refractivity contribution in [3.63, 3.8) is 0 Å². The summed E-state index contributed by atoms with van der Waals surface area (Å²) in [6.45, 7) is 2.59. The van der Waals surface area contributed by atoms with Crippen LogP contribution in [0.2, 0.25) is 0 Å². The molecule has 64 valence electrons. The van der Waals surface area contributed by atoms with Gasteiger partial charge in [0.2, 0.25) is 6.08 Å². The molecule has 1 aromatic rings. The second kappa shape index (κ2) is 4.41. The van der Waals surface area contributed by atoms with Crippen LogP contribution < -0.4 is 0 Å². The molecular formula is C7H10N4O. The van der Waals surface area contributed by atoms with Gasteiger partial charge in [-0.1, -0.05) is 0 Å². The van der Waals surface area contributed by atoms with E-state index in [4.69, 9.17) is 0 Å². The Balaban J connectivity index is 2.31. The van der Waals surface area contributed by atoms with Crippen LogP contribution in [0.5, 0.6) is 0 Å². The van der Waals surface area contributed by atoms with E-state index in [1.807, 2.05) is 6.92 Å². The lowest BCUT2D eigenvalue weighted by molar-refractivity contribution is 0.519. The monoisotopic (exact) mass is 166 g/mol. The van der Waals surface area contributed by atoms with Gasteiger partial charge in [0.25, 0.3) is 0 Å². The van der Waals surface area contributed by atoms with E-state index < -0.39 is 0 Å². The molecule has 1 atom stereocenters. The molecule has 0 N–H and O–H groups in total. The van der Waals surface area contributed by atoms with Crippen LogP contribution >= 0.6 is 0 Å². The number of carbonyl (C=O) groups excluding carboxylic acids is 1. The van der Waals surface area contributed by atoms with Crippen molar-refractivity contribution >= 4 is 6.08 Å². The Kier molecular flexibility index (Phi) is 3.17. The summed E-state index contributed by atoms with van der Waals surface area (Å²) in [6.07, 6.45) is 5.42. The molecule has 0 aromatic carbocycles. The Morgan fingerprint density at radius 2 is 2.58 bits per heavy atom. The van der Waals surface area contributed by atoms with E-state index in [9.17, 15) is 4.79 Å². The smallest absolute Gasteiger partial charge is 0.235 e. The van der Waals surface area contributed by atoms with E-state index in [-0.39, 0.29) is 6.04 Å². The first kappa shape index (κ1) is 8.62. The molecule has 0 bridgehead atoms. The Morgan fingerprint density at radius 3 is 3.17 bits per heavy atom. The van der Waals surface area contributed by atoms with Crippen LogP contribution in [-0.4, -0.2) is 26.9 Å². The van der Waals surface area contributed by atoms with E-state index >= 15 is 0 Å². The number of aryl methyl sites for hydroxylation is 1. The number of aromatic nitrogens is 3. The lowest BCUT2D eigenvalue weighted by Crippen LogP contribution is -2.05. The first-order chi connectivity index (χ1) is 5.83. The second-order valence-electron chi connectivity index (χ2n) is 2.52. The topological polar surface area (TPSA) is 60.1 Å². The highest BCUT2D eigenvalue weighted by Crippen LogP contribution is 1.97. The van der Waals surface area contributed by atoms with Gasteiger partial charge >= 0.3 is 0 Å². The minimum Gasteiger partial charge on any atom is -0.253 e. The summed E-state index contributed by atoms with van der Waals surface area (Å²) >= 11 is 0. The van der Waals surface area contributed by atoms with Crippen molar-refractivity contribution < 1.29 is 4.79 Å². The summed E-state index contributed by atoms with van der Waals surface area (Å²) < 4.78 is 1.71. The number of hydrogen-bond donors (Lipinski definition) is 0. The van der Waals surface area contributed by atoms with Crippen molar-refractivity contribution in [1.29, 1.82) is 0 Å². The number of hydrogen-bond acceptors (Lipinski definition) is 4. The minimum absolute atomic E-state index is 0.00620. The van der Waals surface area contributed by atoms with Crippen LogP contribution in [0.1, 0.15) is 13.3 Å². The maximum Gasteiger partial charge on any atom is 0.235 e. The van der Waals surface area contributed by atoms with Crippen molar-refractivity contribution in [2.75, 3.05) is 0 Å². The van der Waals surface area contributed by atoms with Gasteiger partial charge < -0.3 is 0 Å². The van der Waals surface area contributed by atoms with Crippen molar-refractivity contribution in [3.8, 4) is 0 Å². The number of aliphatic imine (C=N–C) groups is 1. The minimum atomic E-state index is 0.00620. The molecule has 0 spiro atoms. The summed E-state index contributed by atoms with van der Waals surface area (Å²) in [5, 5.41) is 3.91. The molecule has 1 aromatic heterocycles. The van der Waals surface area contributed by atoms with Gasteiger partial charge in [0.05, 0.1) is 6.04 Å². The van der Waals surface area contributed by atoms with Gasteiger partial charge in [-0.25, -0.2) is 14.8 Å². The molecule has 1 heterocycles. The summed E-state index contributed by atoms with van der Waals surface area (Å²) in [5.74, 6) is 0. The quantitative estimate of drug-likeness (QED) is 0.480. The third kappa shape index (κ3) is 2.64. The third-order valence-corrected chi connectivity index (χ3v) is 1.52. The second-order valence-corrected chi connectivity index (χ2v) is 2.52. The highest BCUT2D eigenvalue weighted by Gasteiger charge is 1.98. The standard InChI is InChI=1S/C7H10N4O/c1-7(9-6-12)2-3-11-5-8-4-10-11/h4-5,7H,2-3H2,1H3. The highest BCUT2D eigenvalue weighted by molar-refractivity contribution is 5.33. The summed E-state index contributed by atoms with van der Waals surface area (Å²) in [6, 6.07) is 0.00620. The third-order valence-electron chi connectivity index (χ3n) is 1.52. The fraction of sp³-hybridized carbons (Fsp3) is 0.571. The summed E-state index contributed by atoms with van der Waals surface area (Å²) in [7, 11) is 0. The highest BCUT2D eigenvalue weighted by atomic mass is 16.1. The van der Waals surface area contributed by atoms with Crippen molar-refractivity contribution in [3.05, 3.63) is 12.7 Å². The normalized spacial score (nSPS) is 12.1. The zero-order valence-corrected chi connectivity index (χ0v) is 6.84. The number of rotatable bonds is 4. The van der Waals surface area contributed by atoms with Crippen LogP contribution in [0.3, 0.4) is 0 Å². The largest absolute Gasteiger partial charge is 0.253 e. The van der Waals surface area contributed by atoms with Crippen molar-refractivity contribution in [1.82, 2.24) is 14.8 Å². The van der Waals surface area contributed by atoms with E-state index in [1.165, 1.54) is 12.4 Å². The van der Waals surface area contributed by atoms with Crippen LogP contribution in [0.15, 0.2) is 17.6 Å². The van der Waals surface area contributed by atoms with E-state index in [1.54, 1.807) is 11.0 Å². The number of isocyanates is 1. The Hall–Kier alpha value is -1.48. The van der Waals surface area contributed by atoms with Crippen LogP contribution in [0.4, 0.5) is 0 Å². The number of nitrogens with zero attached hydrogens (tertiary/aromatic N) is 4. The first-order valence-corrected chi connectivity index (χ1v) is 3.72. The molecule has 0 aliphatic heterocycles. The maximum absolute atomic E-state index is 9.85. The molecule has 1 rings (SSSR count). The maximum atomic E-state index is 9.85. The van der Waals surface area contributed by atoms with E-state index in [0.29, 0.717) is 0 Å². The SMILES string of the molecule is CC(CCn1cncn1)N=C=O. The van der Waals surface area contributed by atoms with Gasteiger partial charge in [-0.15, -0.1) is 0 Å². The molecule has 0 amide bonds. The van der Waals surface area contributed by atoms with Gasteiger partial charge in [0.1, 0.15) is 12.7 Å². The van der Waals surface area contributed by atoms with Gasteiger partial charge in [-0.2, -0.15) is 5.10 Å². The van der Waals surface area contributed by atoms with E-state index in [0.717, 1.165) is 13.0 Å². The average molecular weight is 166 g/mol. The van der Waals surface area contributed by atoms with Gasteiger partial charge in [0.15, 0.2) is 0 Å². The molecule has 0 fully saturated rings. The van der Waals surface area contributed by atoms with Gasteiger partial charge in [0, 0.05) is 6.54 Å². The summed E-state index contributed by atoms with van der Waals surface area (Å²) in [5.41, 5.74) is 0. The van der Waals surface area contributed by atoms with Crippen molar-refractivity contribution in [2.45, 2.75) is 25.9 Å². The van der Waals surface area contributed by atoms with Crippen LogP contribution in [0.25, 0.3) is 0 Å². The Morgan fingerprint density at radius 1 is 1.75 bits per heavy atom. The molecule has 1 unspecified atom stereocenters. The Bertz CT molecular complexity index is 263. The predicted octanol–water partition coefficient (Wildman–Crippen LogP) is 0.392. The predicted molar refractivity (Wildman–Crippen MR) is 42.2 cm³/mol. The fourth-order valence-corrected chi connectivity index (χ4v) is 0.822. The first-order valence-electron chi connectivity index (χ1n) is 3.72. The van der Waals surface area contributed by atoms with Gasteiger partial charge in [-0.05, 0) is 13.3 Å². The molecular weight excluding hydrogens is 156 g/mol. The molecule has 0 saturated carbocycles. The molecule has 0 saturated heterocycles. The van der Waals surface area contributed by atoms with Crippen LogP contribution in [-0.2, 0) is 11.3 Å². The molecule has 0 radical (unpaired) electrons. The molecule has 0 aliphatic rings. The fourth-order valence-electron chi connectivity index (χ4n) is 0.822. The lowest BCUT2D eigenvalue weighted by Gasteiger charge is -2.02. The summed E-state index contributed by atoms with van der Waals surface area (Å²) in [4.78, 5) is 17.2. The molecule has 5 heteroatoms. The molecule has 0 aliphatic carbocycles.